The third-order valence-corrected chi connectivity index (χ3v) is 4.66. The highest BCUT2D eigenvalue weighted by Gasteiger charge is 2.33. The van der Waals surface area contributed by atoms with E-state index in [9.17, 15) is 9.59 Å². The van der Waals surface area contributed by atoms with Crippen molar-refractivity contribution in [1.82, 2.24) is 14.7 Å². The van der Waals surface area contributed by atoms with E-state index in [0.717, 1.165) is 18.4 Å². The maximum absolute atomic E-state index is 12.6. The number of rotatable bonds is 3. The predicted molar refractivity (Wildman–Crippen MR) is 96.1 cm³/mol. The largest absolute Gasteiger partial charge is 0.327 e. The number of likely N-dealkylation sites (tertiary alicyclic amines) is 1. The molecule has 25 heavy (non-hydrogen) atoms. The Morgan fingerprint density at radius 3 is 2.56 bits per heavy atom. The smallest absolute Gasteiger partial charge is 0.314 e. The van der Waals surface area contributed by atoms with Gasteiger partial charge in [-0.1, -0.05) is 38.1 Å². The molecule has 6 heteroatoms. The van der Waals surface area contributed by atoms with Crippen LogP contribution in [0.15, 0.2) is 36.7 Å². The number of hydrogen-bond acceptors (Lipinski definition) is 3. The van der Waals surface area contributed by atoms with Gasteiger partial charge >= 0.3 is 11.8 Å². The Kier molecular flexibility index (Phi) is 4.88. The molecule has 0 spiro atoms. The molecule has 0 aliphatic carbocycles. The van der Waals surface area contributed by atoms with Gasteiger partial charge in [-0.05, 0) is 29.9 Å². The Morgan fingerprint density at radius 2 is 1.96 bits per heavy atom. The molecule has 2 amide bonds. The van der Waals surface area contributed by atoms with Gasteiger partial charge in [0.15, 0.2) is 0 Å². The Balaban J connectivity index is 1.71. The van der Waals surface area contributed by atoms with Crippen molar-refractivity contribution in [2.24, 2.45) is 7.05 Å². The monoisotopic (exact) mass is 340 g/mol. The van der Waals surface area contributed by atoms with Crippen LogP contribution in [0.5, 0.6) is 0 Å². The molecule has 2 heterocycles. The molecule has 1 saturated heterocycles. The zero-order chi connectivity index (χ0) is 18.0. The summed E-state index contributed by atoms with van der Waals surface area (Å²) in [6.07, 6.45) is 4.98. The summed E-state index contributed by atoms with van der Waals surface area (Å²) in [5.41, 5.74) is 2.89. The van der Waals surface area contributed by atoms with E-state index in [4.69, 9.17) is 0 Å². The van der Waals surface area contributed by atoms with E-state index < -0.39 is 11.8 Å². The van der Waals surface area contributed by atoms with Gasteiger partial charge in [-0.2, -0.15) is 5.10 Å². The number of carbonyl (C=O) groups excluding carboxylic acids is 2. The molecular formula is C19H24N4O2. The second-order valence-corrected chi connectivity index (χ2v) is 6.83. The van der Waals surface area contributed by atoms with E-state index in [-0.39, 0.29) is 6.04 Å². The molecule has 0 bridgehead atoms. The quantitative estimate of drug-likeness (QED) is 0.874. The molecular weight excluding hydrogens is 316 g/mol. The summed E-state index contributed by atoms with van der Waals surface area (Å²) >= 11 is 0. The second-order valence-electron chi connectivity index (χ2n) is 6.83. The Bertz CT molecular complexity index is 764. The molecule has 132 valence electrons. The zero-order valence-electron chi connectivity index (χ0n) is 14.9. The van der Waals surface area contributed by atoms with Gasteiger partial charge in [0.25, 0.3) is 0 Å². The molecule has 0 saturated carbocycles. The maximum atomic E-state index is 12.6. The van der Waals surface area contributed by atoms with Crippen LogP contribution in [0.4, 0.5) is 5.69 Å². The minimum absolute atomic E-state index is 0.0339. The molecule has 6 nitrogen and oxygen atoms in total. The van der Waals surface area contributed by atoms with Gasteiger partial charge in [0.2, 0.25) is 0 Å². The topological polar surface area (TPSA) is 67.2 Å². The number of carbonyl (C=O) groups is 2. The lowest BCUT2D eigenvalue weighted by molar-refractivity contribution is -0.143. The molecule has 1 N–H and O–H groups in total. The Morgan fingerprint density at radius 1 is 1.24 bits per heavy atom. The van der Waals surface area contributed by atoms with E-state index in [1.807, 2.05) is 0 Å². The molecule has 1 unspecified atom stereocenters. The number of nitrogens with zero attached hydrogens (tertiary/aromatic N) is 3. The second kappa shape index (κ2) is 7.09. The molecule has 0 radical (unpaired) electrons. The van der Waals surface area contributed by atoms with E-state index in [1.165, 1.54) is 11.8 Å². The van der Waals surface area contributed by atoms with Crippen LogP contribution >= 0.6 is 0 Å². The number of amides is 2. The molecule has 1 atom stereocenters. The molecule has 1 aliphatic rings. The first-order chi connectivity index (χ1) is 12.0. The van der Waals surface area contributed by atoms with Crippen molar-refractivity contribution in [3.8, 4) is 0 Å². The highest BCUT2D eigenvalue weighted by Crippen LogP contribution is 2.32. The minimum atomic E-state index is -0.612. The summed E-state index contributed by atoms with van der Waals surface area (Å²) in [6.45, 7) is 4.92. The van der Waals surface area contributed by atoms with Crippen LogP contribution < -0.4 is 5.32 Å². The lowest BCUT2D eigenvalue weighted by atomic mass is 9.98. The first-order valence-electron chi connectivity index (χ1n) is 8.66. The van der Waals surface area contributed by atoms with Crippen LogP contribution in [0.1, 0.15) is 49.8 Å². The molecule has 1 aromatic heterocycles. The zero-order valence-corrected chi connectivity index (χ0v) is 14.9. The van der Waals surface area contributed by atoms with Crippen molar-refractivity contribution in [3.05, 3.63) is 47.8 Å². The minimum Gasteiger partial charge on any atom is -0.327 e. The van der Waals surface area contributed by atoms with Gasteiger partial charge in [-0.3, -0.25) is 14.3 Å². The SMILES string of the molecule is CC(C)c1ccc(C2CCCN2C(=O)C(=O)Nc2cnn(C)c2)cc1. The summed E-state index contributed by atoms with van der Waals surface area (Å²) in [5.74, 6) is -0.626. The molecule has 1 fully saturated rings. The molecule has 1 aromatic carbocycles. The van der Waals surface area contributed by atoms with Crippen LogP contribution in [0.2, 0.25) is 0 Å². The summed E-state index contributed by atoms with van der Waals surface area (Å²) in [4.78, 5) is 26.6. The number of aryl methyl sites for hydroxylation is 1. The highest BCUT2D eigenvalue weighted by atomic mass is 16.2. The number of anilines is 1. The average molecular weight is 340 g/mol. The lowest BCUT2D eigenvalue weighted by Crippen LogP contribution is -2.39. The number of hydrogen-bond donors (Lipinski definition) is 1. The van der Waals surface area contributed by atoms with E-state index in [1.54, 1.807) is 22.8 Å². The fourth-order valence-electron chi connectivity index (χ4n) is 3.26. The number of nitrogens with one attached hydrogen (secondary N) is 1. The van der Waals surface area contributed by atoms with E-state index >= 15 is 0 Å². The highest BCUT2D eigenvalue weighted by molar-refractivity contribution is 6.39. The fraction of sp³-hybridized carbons (Fsp3) is 0.421. The number of benzene rings is 1. The van der Waals surface area contributed by atoms with Gasteiger partial charge in [0, 0.05) is 19.8 Å². The van der Waals surface area contributed by atoms with Gasteiger partial charge in [-0.15, -0.1) is 0 Å². The summed E-state index contributed by atoms with van der Waals surface area (Å²) in [7, 11) is 1.76. The van der Waals surface area contributed by atoms with Gasteiger partial charge < -0.3 is 10.2 Å². The average Bonchev–Trinajstić information content (AvgIpc) is 3.23. The van der Waals surface area contributed by atoms with Crippen LogP contribution in [0.25, 0.3) is 0 Å². The van der Waals surface area contributed by atoms with E-state index in [2.05, 4.69) is 48.5 Å². The van der Waals surface area contributed by atoms with Gasteiger partial charge in [0.1, 0.15) is 0 Å². The van der Waals surface area contributed by atoms with E-state index in [0.29, 0.717) is 18.2 Å². The first-order valence-corrected chi connectivity index (χ1v) is 8.66. The van der Waals surface area contributed by atoms with Crippen molar-refractivity contribution in [1.29, 1.82) is 0 Å². The summed E-state index contributed by atoms with van der Waals surface area (Å²) in [5, 5.41) is 6.61. The van der Waals surface area contributed by atoms with Crippen molar-refractivity contribution in [2.45, 2.75) is 38.6 Å². The standard InChI is InChI=1S/C19H24N4O2/c1-13(2)14-6-8-15(9-7-14)17-5-4-10-23(17)19(25)18(24)21-16-11-20-22(3)12-16/h6-9,11-13,17H,4-5,10H2,1-3H3,(H,21,24). The van der Waals surface area contributed by atoms with Crippen molar-refractivity contribution in [3.63, 3.8) is 0 Å². The third kappa shape index (κ3) is 3.73. The predicted octanol–water partition coefficient (Wildman–Crippen LogP) is 2.85. The number of aromatic nitrogens is 2. The van der Waals surface area contributed by atoms with Gasteiger partial charge in [-0.25, -0.2) is 0 Å². The van der Waals surface area contributed by atoms with Crippen LogP contribution in [-0.4, -0.2) is 33.0 Å². The van der Waals surface area contributed by atoms with Crippen molar-refractivity contribution >= 4 is 17.5 Å². The maximum Gasteiger partial charge on any atom is 0.314 e. The van der Waals surface area contributed by atoms with Crippen LogP contribution in [-0.2, 0) is 16.6 Å². The molecule has 3 rings (SSSR count). The van der Waals surface area contributed by atoms with Gasteiger partial charge in [0.05, 0.1) is 17.9 Å². The fourth-order valence-corrected chi connectivity index (χ4v) is 3.26. The Labute approximate surface area is 147 Å². The molecule has 1 aliphatic heterocycles. The lowest BCUT2D eigenvalue weighted by Gasteiger charge is -2.24. The Hall–Kier alpha value is -2.63. The summed E-state index contributed by atoms with van der Waals surface area (Å²) in [6, 6.07) is 8.33. The molecule has 2 aromatic rings. The van der Waals surface area contributed by atoms with Crippen molar-refractivity contribution < 1.29 is 9.59 Å². The third-order valence-electron chi connectivity index (χ3n) is 4.66. The van der Waals surface area contributed by atoms with Crippen LogP contribution in [0.3, 0.4) is 0 Å². The first kappa shape index (κ1) is 17.2. The normalized spacial score (nSPS) is 17.1. The van der Waals surface area contributed by atoms with Crippen LogP contribution in [0, 0.1) is 0 Å². The van der Waals surface area contributed by atoms with Crippen molar-refractivity contribution in [2.75, 3.05) is 11.9 Å². The summed E-state index contributed by atoms with van der Waals surface area (Å²) < 4.78 is 1.58.